The predicted molar refractivity (Wildman–Crippen MR) is 122 cm³/mol. The number of rotatable bonds is 8. The number of benzene rings is 2. The average molecular weight is 446 g/mol. The van der Waals surface area contributed by atoms with Crippen LogP contribution in [0.25, 0.3) is 10.8 Å². The van der Waals surface area contributed by atoms with Crippen LogP contribution >= 0.6 is 24.0 Å². The first kappa shape index (κ1) is 23.9. The van der Waals surface area contributed by atoms with Gasteiger partial charge in [-0.1, -0.05) is 41.9 Å². The van der Waals surface area contributed by atoms with E-state index in [1.165, 1.54) is 0 Å². The number of nitrogens with zero attached hydrogens (tertiary/aromatic N) is 2. The van der Waals surface area contributed by atoms with Gasteiger partial charge in [0.2, 0.25) is 0 Å². The van der Waals surface area contributed by atoms with Crippen LogP contribution in [0, 0.1) is 11.3 Å². The minimum Gasteiger partial charge on any atom is -0.489 e. The first-order chi connectivity index (χ1) is 13.9. The van der Waals surface area contributed by atoms with Gasteiger partial charge in [0, 0.05) is 35.8 Å². The van der Waals surface area contributed by atoms with E-state index in [1.54, 1.807) is 18.2 Å². The number of β-amino-alcohol motifs (C(OH)–C–C–N with tert-alkyl or cyclic N) is 1. The molecule has 2 N–H and O–H groups in total. The fourth-order valence-corrected chi connectivity index (χ4v) is 3.32. The van der Waals surface area contributed by atoms with Crippen molar-refractivity contribution in [2.45, 2.75) is 31.9 Å². The smallest absolute Gasteiger partial charge is 0.138 e. The van der Waals surface area contributed by atoms with Crippen molar-refractivity contribution in [3.8, 4) is 11.8 Å². The molecule has 0 saturated carbocycles. The molecule has 0 bridgehead atoms. The zero-order valence-electron chi connectivity index (χ0n) is 16.9. The van der Waals surface area contributed by atoms with Crippen molar-refractivity contribution in [2.24, 2.45) is 0 Å². The highest BCUT2D eigenvalue weighted by atomic mass is 35.5. The van der Waals surface area contributed by atoms with Crippen LogP contribution in [0.15, 0.2) is 54.7 Å². The summed E-state index contributed by atoms with van der Waals surface area (Å²) in [6.07, 6.45) is 1.88. The molecule has 0 radical (unpaired) electrons. The predicted octanol–water partition coefficient (Wildman–Crippen LogP) is 4.53. The van der Waals surface area contributed by atoms with Crippen LogP contribution in [-0.2, 0) is 6.42 Å². The maximum absolute atomic E-state index is 10.3. The van der Waals surface area contributed by atoms with Gasteiger partial charge < -0.3 is 15.2 Å². The van der Waals surface area contributed by atoms with Gasteiger partial charge in [-0.25, -0.2) is 0 Å². The number of aliphatic hydroxyl groups is 1. The standard InChI is InChI=1S/C23H24ClN3O2.ClH/c1-23(2,11-18-10-16-6-3-4-7-17(16)13-26-18)27-14-19(28)15-29-22-9-5-8-21(24)20(22)12-25;/h3-10,13,19,27-28H,11,14-15H2,1-2H3;1H. The third-order valence-corrected chi connectivity index (χ3v) is 4.96. The molecule has 3 rings (SSSR count). The third-order valence-electron chi connectivity index (χ3n) is 4.65. The Morgan fingerprint density at radius 2 is 1.93 bits per heavy atom. The lowest BCUT2D eigenvalue weighted by atomic mass is 9.97. The van der Waals surface area contributed by atoms with E-state index in [4.69, 9.17) is 16.3 Å². The summed E-state index contributed by atoms with van der Waals surface area (Å²) in [4.78, 5) is 4.55. The van der Waals surface area contributed by atoms with Crippen molar-refractivity contribution in [1.82, 2.24) is 10.3 Å². The van der Waals surface area contributed by atoms with E-state index in [0.29, 0.717) is 17.3 Å². The van der Waals surface area contributed by atoms with Crippen molar-refractivity contribution in [3.63, 3.8) is 0 Å². The van der Waals surface area contributed by atoms with E-state index in [2.05, 4.69) is 36.3 Å². The van der Waals surface area contributed by atoms with Crippen LogP contribution in [0.2, 0.25) is 5.02 Å². The number of ether oxygens (including phenoxy) is 1. The molecule has 0 aliphatic rings. The molecule has 1 atom stereocenters. The fourth-order valence-electron chi connectivity index (χ4n) is 3.11. The molecule has 158 valence electrons. The topological polar surface area (TPSA) is 78.2 Å². The molecule has 7 heteroatoms. The average Bonchev–Trinajstić information content (AvgIpc) is 2.70. The van der Waals surface area contributed by atoms with Crippen LogP contribution in [0.4, 0.5) is 0 Å². The second-order valence-electron chi connectivity index (χ2n) is 7.65. The SMILES string of the molecule is CC(C)(Cc1cc2ccccc2cn1)NCC(O)COc1cccc(Cl)c1C#N.Cl. The van der Waals surface area contributed by atoms with E-state index in [9.17, 15) is 10.4 Å². The summed E-state index contributed by atoms with van der Waals surface area (Å²) in [7, 11) is 0. The number of nitriles is 1. The Labute approximate surface area is 188 Å². The van der Waals surface area contributed by atoms with Crippen LogP contribution in [0.3, 0.4) is 0 Å². The highest BCUT2D eigenvalue weighted by molar-refractivity contribution is 6.31. The van der Waals surface area contributed by atoms with Crippen LogP contribution < -0.4 is 10.1 Å². The molecule has 3 aromatic rings. The number of hydrogen-bond acceptors (Lipinski definition) is 5. The summed E-state index contributed by atoms with van der Waals surface area (Å²) in [5, 5.41) is 25.5. The number of hydrogen-bond donors (Lipinski definition) is 2. The summed E-state index contributed by atoms with van der Waals surface area (Å²) < 4.78 is 5.59. The van der Waals surface area contributed by atoms with Crippen molar-refractivity contribution in [2.75, 3.05) is 13.2 Å². The molecule has 0 aliphatic carbocycles. The van der Waals surface area contributed by atoms with Crippen molar-refractivity contribution in [3.05, 3.63) is 71.0 Å². The zero-order chi connectivity index (χ0) is 20.9. The first-order valence-electron chi connectivity index (χ1n) is 9.46. The molecule has 0 aliphatic heterocycles. The molecular formula is C23H25Cl2N3O2. The Morgan fingerprint density at radius 3 is 2.67 bits per heavy atom. The summed E-state index contributed by atoms with van der Waals surface area (Å²) >= 11 is 6.00. The monoisotopic (exact) mass is 445 g/mol. The Kier molecular flexibility index (Phi) is 8.45. The van der Waals surface area contributed by atoms with E-state index in [-0.39, 0.29) is 30.1 Å². The Balaban J connectivity index is 0.00000320. The summed E-state index contributed by atoms with van der Waals surface area (Å²) in [5.74, 6) is 0.374. The molecule has 0 fully saturated rings. The van der Waals surface area contributed by atoms with Crippen LogP contribution in [0.1, 0.15) is 25.1 Å². The lowest BCUT2D eigenvalue weighted by Gasteiger charge is -2.27. The van der Waals surface area contributed by atoms with Crippen molar-refractivity contribution < 1.29 is 9.84 Å². The van der Waals surface area contributed by atoms with Crippen LogP contribution in [0.5, 0.6) is 5.75 Å². The van der Waals surface area contributed by atoms with Crippen LogP contribution in [-0.4, -0.2) is 34.9 Å². The third kappa shape index (κ3) is 6.32. The van der Waals surface area contributed by atoms with E-state index in [1.807, 2.05) is 30.5 Å². The number of aromatic nitrogens is 1. The van der Waals surface area contributed by atoms with Crippen molar-refractivity contribution in [1.29, 1.82) is 5.26 Å². The quantitative estimate of drug-likeness (QED) is 0.532. The largest absolute Gasteiger partial charge is 0.489 e. The van der Waals surface area contributed by atoms with Gasteiger partial charge in [-0.15, -0.1) is 12.4 Å². The summed E-state index contributed by atoms with van der Waals surface area (Å²) in [5.41, 5.74) is 1.01. The molecule has 0 amide bonds. The molecular weight excluding hydrogens is 421 g/mol. The molecule has 5 nitrogen and oxygen atoms in total. The number of halogens is 2. The van der Waals surface area contributed by atoms with Gasteiger partial charge in [-0.05, 0) is 37.4 Å². The zero-order valence-corrected chi connectivity index (χ0v) is 18.5. The summed E-state index contributed by atoms with van der Waals surface area (Å²) in [6, 6.07) is 17.3. The van der Waals surface area contributed by atoms with E-state index >= 15 is 0 Å². The summed E-state index contributed by atoms with van der Waals surface area (Å²) in [6.45, 7) is 4.56. The number of pyridine rings is 1. The molecule has 1 heterocycles. The molecule has 0 spiro atoms. The maximum Gasteiger partial charge on any atom is 0.138 e. The second-order valence-corrected chi connectivity index (χ2v) is 8.06. The van der Waals surface area contributed by atoms with Gasteiger partial charge in [0.15, 0.2) is 0 Å². The molecule has 1 aromatic heterocycles. The van der Waals surface area contributed by atoms with Gasteiger partial charge in [-0.2, -0.15) is 5.26 Å². The molecule has 1 unspecified atom stereocenters. The maximum atomic E-state index is 10.3. The highest BCUT2D eigenvalue weighted by Gasteiger charge is 2.20. The highest BCUT2D eigenvalue weighted by Crippen LogP contribution is 2.25. The van der Waals surface area contributed by atoms with Gasteiger partial charge in [0.25, 0.3) is 0 Å². The second kappa shape index (κ2) is 10.6. The number of aliphatic hydroxyl groups excluding tert-OH is 1. The number of nitrogens with one attached hydrogen (secondary N) is 1. The molecule has 0 saturated heterocycles. The fraction of sp³-hybridized carbons (Fsp3) is 0.304. The molecule has 2 aromatic carbocycles. The van der Waals surface area contributed by atoms with Gasteiger partial charge in [-0.3, -0.25) is 4.98 Å². The van der Waals surface area contributed by atoms with Gasteiger partial charge in [0.05, 0.1) is 5.02 Å². The number of fused-ring (bicyclic) bond motifs is 1. The lowest BCUT2D eigenvalue weighted by Crippen LogP contribution is -2.46. The Hall–Kier alpha value is -2.36. The van der Waals surface area contributed by atoms with E-state index in [0.717, 1.165) is 22.9 Å². The first-order valence-corrected chi connectivity index (χ1v) is 9.84. The Bertz CT molecular complexity index is 1030. The van der Waals surface area contributed by atoms with Gasteiger partial charge in [0.1, 0.15) is 30.1 Å². The molecule has 30 heavy (non-hydrogen) atoms. The van der Waals surface area contributed by atoms with Crippen molar-refractivity contribution >= 4 is 34.8 Å². The minimum absolute atomic E-state index is 0. The minimum atomic E-state index is -0.732. The normalized spacial score (nSPS) is 12.1. The Morgan fingerprint density at radius 1 is 1.20 bits per heavy atom. The van der Waals surface area contributed by atoms with Gasteiger partial charge >= 0.3 is 0 Å². The van der Waals surface area contributed by atoms with E-state index < -0.39 is 6.10 Å². The lowest BCUT2D eigenvalue weighted by molar-refractivity contribution is 0.0986.